The van der Waals surface area contributed by atoms with Crippen molar-refractivity contribution in [2.24, 2.45) is 0 Å². The van der Waals surface area contributed by atoms with Crippen LogP contribution in [0.15, 0.2) is 54.9 Å². The van der Waals surface area contributed by atoms with Crippen LogP contribution in [0.3, 0.4) is 0 Å². The molecule has 16 heavy (non-hydrogen) atoms. The molecule has 0 atom stereocenters. The van der Waals surface area contributed by atoms with Crippen molar-refractivity contribution in [2.45, 2.75) is 20.8 Å². The van der Waals surface area contributed by atoms with Gasteiger partial charge < -0.3 is 0 Å². The highest BCUT2D eigenvalue weighted by atomic mass is 32.1. The van der Waals surface area contributed by atoms with E-state index >= 15 is 0 Å². The third-order valence-corrected chi connectivity index (χ3v) is 2.78. The van der Waals surface area contributed by atoms with E-state index in [9.17, 15) is 0 Å². The average Bonchev–Trinajstić information content (AvgIpc) is 2.89. The van der Waals surface area contributed by atoms with Crippen LogP contribution >= 0.6 is 11.3 Å². The summed E-state index contributed by atoms with van der Waals surface area (Å²) in [6, 6.07) is 12.9. The summed E-state index contributed by atoms with van der Waals surface area (Å²) in [6.45, 7) is 12.1. The fourth-order valence-corrected chi connectivity index (χ4v) is 1.89. The van der Waals surface area contributed by atoms with E-state index in [1.165, 1.54) is 16.0 Å². The number of rotatable bonds is 1. The molecule has 1 heteroatoms. The van der Waals surface area contributed by atoms with Gasteiger partial charge in [-0.3, -0.25) is 0 Å². The summed E-state index contributed by atoms with van der Waals surface area (Å²) < 4.78 is 0. The molecular weight excluding hydrogens is 212 g/mol. The van der Waals surface area contributed by atoms with Crippen LogP contribution in [0, 0.1) is 6.92 Å². The number of thiophene rings is 1. The molecular formula is C15H20S. The zero-order valence-corrected chi connectivity index (χ0v) is 11.2. The van der Waals surface area contributed by atoms with E-state index in [0.717, 1.165) is 0 Å². The predicted molar refractivity (Wildman–Crippen MR) is 77.1 cm³/mol. The third-order valence-electron chi connectivity index (χ3n) is 1.86. The summed E-state index contributed by atoms with van der Waals surface area (Å²) in [5, 5.41) is 2.11. The van der Waals surface area contributed by atoms with E-state index in [2.05, 4.69) is 61.9 Å². The van der Waals surface area contributed by atoms with Crippen LogP contribution in [0.4, 0.5) is 0 Å². The number of hydrogen-bond donors (Lipinski definition) is 0. The molecule has 0 spiro atoms. The van der Waals surface area contributed by atoms with Crippen LogP contribution in [0.1, 0.15) is 19.4 Å². The highest BCUT2D eigenvalue weighted by Crippen LogP contribution is 2.24. The normalized spacial score (nSPS) is 8.19. The maximum atomic E-state index is 3.00. The first-order valence-corrected chi connectivity index (χ1v) is 6.35. The molecule has 2 rings (SSSR count). The minimum absolute atomic E-state index is 1.32. The van der Waals surface area contributed by atoms with Crippen molar-refractivity contribution in [3.05, 3.63) is 60.5 Å². The summed E-state index contributed by atoms with van der Waals surface area (Å²) in [5.41, 5.74) is 2.63. The molecule has 0 bridgehead atoms. The van der Waals surface area contributed by atoms with E-state index in [-0.39, 0.29) is 0 Å². The molecule has 1 aromatic heterocycles. The van der Waals surface area contributed by atoms with E-state index in [1.54, 1.807) is 11.3 Å². The second kappa shape index (κ2) is 8.93. The van der Waals surface area contributed by atoms with Crippen LogP contribution in [-0.2, 0) is 0 Å². The quantitative estimate of drug-likeness (QED) is 0.565. The Balaban J connectivity index is 0.000000509. The van der Waals surface area contributed by atoms with E-state index in [0.29, 0.717) is 0 Å². The van der Waals surface area contributed by atoms with Crippen molar-refractivity contribution in [1.29, 1.82) is 0 Å². The van der Waals surface area contributed by atoms with Crippen molar-refractivity contribution in [1.82, 2.24) is 0 Å². The van der Waals surface area contributed by atoms with Gasteiger partial charge in [-0.25, -0.2) is 0 Å². The van der Waals surface area contributed by atoms with Gasteiger partial charge in [0.15, 0.2) is 0 Å². The number of hydrogen-bond acceptors (Lipinski definition) is 1. The van der Waals surface area contributed by atoms with Gasteiger partial charge in [-0.2, -0.15) is 0 Å². The Morgan fingerprint density at radius 2 is 1.50 bits per heavy atom. The fourth-order valence-electron chi connectivity index (χ4n) is 1.16. The Morgan fingerprint density at radius 3 is 1.94 bits per heavy atom. The molecule has 1 heterocycles. The van der Waals surface area contributed by atoms with Gasteiger partial charge >= 0.3 is 0 Å². The minimum atomic E-state index is 1.32. The molecule has 1 aromatic carbocycles. The lowest BCUT2D eigenvalue weighted by Crippen LogP contribution is -1.72. The summed E-state index contributed by atoms with van der Waals surface area (Å²) in [5.74, 6) is 0. The Bertz CT molecular complexity index is 357. The molecule has 0 N–H and O–H groups in total. The molecule has 86 valence electrons. The molecule has 0 aliphatic heterocycles. The Labute approximate surface area is 103 Å². The standard InChI is InChI=1S/C11H10S.C2H6.C2H4/c1-9-4-6-10(7-5-9)11-3-2-8-12-11;2*1-2/h2-8H,1H3;1-2H3;1-2H2. The molecule has 0 aliphatic carbocycles. The second-order valence-electron chi connectivity index (χ2n) is 2.84. The third kappa shape index (κ3) is 4.45. The molecule has 0 aliphatic rings. The lowest BCUT2D eigenvalue weighted by Gasteiger charge is -1.96. The van der Waals surface area contributed by atoms with Gasteiger partial charge in [0.2, 0.25) is 0 Å². The summed E-state index contributed by atoms with van der Waals surface area (Å²) >= 11 is 1.78. The van der Waals surface area contributed by atoms with E-state index in [4.69, 9.17) is 0 Å². The van der Waals surface area contributed by atoms with E-state index < -0.39 is 0 Å². The maximum absolute atomic E-state index is 3.00. The van der Waals surface area contributed by atoms with E-state index in [1.807, 2.05) is 13.8 Å². The minimum Gasteiger partial charge on any atom is -0.144 e. The van der Waals surface area contributed by atoms with Crippen molar-refractivity contribution in [3.8, 4) is 10.4 Å². The molecule has 0 nitrogen and oxygen atoms in total. The first kappa shape index (κ1) is 14.7. The molecule has 0 radical (unpaired) electrons. The number of benzene rings is 1. The Hall–Kier alpha value is -1.34. The monoisotopic (exact) mass is 232 g/mol. The van der Waals surface area contributed by atoms with Crippen LogP contribution < -0.4 is 0 Å². The fraction of sp³-hybridized carbons (Fsp3) is 0.200. The lowest BCUT2D eigenvalue weighted by atomic mass is 10.1. The zero-order chi connectivity index (χ0) is 12.4. The average molecular weight is 232 g/mol. The van der Waals surface area contributed by atoms with Crippen LogP contribution in [0.5, 0.6) is 0 Å². The SMILES string of the molecule is C=C.CC.Cc1ccc(-c2cccs2)cc1. The first-order valence-electron chi connectivity index (χ1n) is 5.47. The molecule has 0 saturated carbocycles. The van der Waals surface area contributed by atoms with Gasteiger partial charge in [0.25, 0.3) is 0 Å². The van der Waals surface area contributed by atoms with Crippen molar-refractivity contribution < 1.29 is 0 Å². The smallest absolute Gasteiger partial charge is 0.0342 e. The van der Waals surface area contributed by atoms with Crippen LogP contribution in [0.25, 0.3) is 10.4 Å². The summed E-state index contributed by atoms with van der Waals surface area (Å²) in [7, 11) is 0. The van der Waals surface area contributed by atoms with Gasteiger partial charge in [0, 0.05) is 4.88 Å². The first-order chi connectivity index (χ1) is 7.86. The lowest BCUT2D eigenvalue weighted by molar-refractivity contribution is 1.48. The van der Waals surface area contributed by atoms with Crippen LogP contribution in [-0.4, -0.2) is 0 Å². The highest BCUT2D eigenvalue weighted by molar-refractivity contribution is 7.13. The highest BCUT2D eigenvalue weighted by Gasteiger charge is 1.95. The summed E-state index contributed by atoms with van der Waals surface area (Å²) in [6.07, 6.45) is 0. The molecule has 0 unspecified atom stereocenters. The van der Waals surface area contributed by atoms with Gasteiger partial charge in [-0.15, -0.1) is 24.5 Å². The van der Waals surface area contributed by atoms with Crippen molar-refractivity contribution in [3.63, 3.8) is 0 Å². The summed E-state index contributed by atoms with van der Waals surface area (Å²) in [4.78, 5) is 1.34. The molecule has 0 saturated heterocycles. The Kier molecular flexibility index (Phi) is 8.18. The largest absolute Gasteiger partial charge is 0.144 e. The topological polar surface area (TPSA) is 0 Å². The predicted octanol–water partition coefficient (Wildman–Crippen LogP) is 5.55. The molecule has 0 fully saturated rings. The molecule has 0 amide bonds. The van der Waals surface area contributed by atoms with Crippen LogP contribution in [0.2, 0.25) is 0 Å². The number of aryl methyl sites for hydroxylation is 1. The Morgan fingerprint density at radius 1 is 0.938 bits per heavy atom. The second-order valence-corrected chi connectivity index (χ2v) is 3.79. The van der Waals surface area contributed by atoms with Crippen molar-refractivity contribution >= 4 is 11.3 Å². The van der Waals surface area contributed by atoms with Gasteiger partial charge in [-0.05, 0) is 23.9 Å². The zero-order valence-electron chi connectivity index (χ0n) is 10.4. The van der Waals surface area contributed by atoms with Gasteiger partial charge in [0.1, 0.15) is 0 Å². The van der Waals surface area contributed by atoms with Crippen molar-refractivity contribution in [2.75, 3.05) is 0 Å². The van der Waals surface area contributed by atoms with Gasteiger partial charge in [0.05, 0.1) is 0 Å². The maximum Gasteiger partial charge on any atom is 0.0342 e. The molecule has 2 aromatic rings. The van der Waals surface area contributed by atoms with Gasteiger partial charge in [-0.1, -0.05) is 49.7 Å².